The second-order valence-corrected chi connectivity index (χ2v) is 2.46. The quantitative estimate of drug-likeness (QED) is 0.581. The average molecular weight is 164 g/mol. The predicted octanol–water partition coefficient (Wildman–Crippen LogP) is 0.795. The number of rotatable bonds is 1. The van der Waals surface area contributed by atoms with E-state index in [0.29, 0.717) is 6.61 Å². The molecule has 60 valence electrons. The fourth-order valence-electron chi connectivity index (χ4n) is 0.336. The highest BCUT2D eigenvalue weighted by Gasteiger charge is 2.02. The first kappa shape index (κ1) is 12.4. The first-order valence-electron chi connectivity index (χ1n) is 2.84. The fraction of sp³-hybridized carbons (Fsp3) is 0.714. The van der Waals surface area contributed by atoms with Crippen LogP contribution in [0.3, 0.4) is 0 Å². The van der Waals surface area contributed by atoms with Crippen molar-refractivity contribution >= 4 is 12.4 Å². The smallest absolute Gasteiger partial charge is 0.107 e. The summed E-state index contributed by atoms with van der Waals surface area (Å²) in [4.78, 5) is 0. The van der Waals surface area contributed by atoms with Crippen LogP contribution in [0.25, 0.3) is 0 Å². The minimum Gasteiger partial charge on any atom is -0.372 e. The van der Waals surface area contributed by atoms with Gasteiger partial charge in [0.05, 0.1) is 5.54 Å². The summed E-state index contributed by atoms with van der Waals surface area (Å²) in [6.07, 6.45) is 0. The third kappa shape index (κ3) is 10.7. The molecule has 0 aliphatic heterocycles. The summed E-state index contributed by atoms with van der Waals surface area (Å²) < 4.78 is 4.71. The Hall–Kier alpha value is -0.230. The first-order chi connectivity index (χ1) is 4.06. The van der Waals surface area contributed by atoms with Crippen LogP contribution in [0.1, 0.15) is 13.8 Å². The van der Waals surface area contributed by atoms with E-state index in [1.165, 1.54) is 0 Å². The van der Waals surface area contributed by atoms with Crippen LogP contribution in [-0.2, 0) is 4.74 Å². The molecule has 3 heteroatoms. The molecule has 2 nitrogen and oxygen atoms in total. The van der Waals surface area contributed by atoms with Crippen molar-refractivity contribution in [3.63, 3.8) is 0 Å². The monoisotopic (exact) mass is 163 g/mol. The van der Waals surface area contributed by atoms with Gasteiger partial charge in [-0.05, 0) is 13.8 Å². The highest BCUT2D eigenvalue weighted by Crippen LogP contribution is 1.90. The van der Waals surface area contributed by atoms with Gasteiger partial charge in [0.1, 0.15) is 6.61 Å². The van der Waals surface area contributed by atoms with Gasteiger partial charge in [0.2, 0.25) is 0 Å². The Morgan fingerprint density at radius 3 is 2.30 bits per heavy atom. The number of ether oxygens (including phenoxy) is 1. The molecule has 0 fully saturated rings. The maximum Gasteiger partial charge on any atom is 0.107 e. The number of hydrogen-bond acceptors (Lipinski definition) is 2. The highest BCUT2D eigenvalue weighted by atomic mass is 35.5. The second-order valence-electron chi connectivity index (χ2n) is 2.46. The highest BCUT2D eigenvalue weighted by molar-refractivity contribution is 5.85. The van der Waals surface area contributed by atoms with Gasteiger partial charge in [-0.3, -0.25) is 0 Å². The summed E-state index contributed by atoms with van der Waals surface area (Å²) >= 11 is 0. The number of halogens is 1. The lowest BCUT2D eigenvalue weighted by Gasteiger charge is -2.06. The van der Waals surface area contributed by atoms with Crippen molar-refractivity contribution in [1.82, 2.24) is 0 Å². The lowest BCUT2D eigenvalue weighted by Crippen LogP contribution is -2.29. The van der Waals surface area contributed by atoms with E-state index in [1.807, 2.05) is 13.8 Å². The molecule has 10 heavy (non-hydrogen) atoms. The van der Waals surface area contributed by atoms with Crippen molar-refractivity contribution in [3.8, 4) is 11.8 Å². The SMILES string of the molecule is COCC#CC(C)(C)N.Cl. The van der Waals surface area contributed by atoms with Crippen LogP contribution in [0.5, 0.6) is 0 Å². The molecule has 0 atom stereocenters. The Kier molecular flexibility index (Phi) is 6.90. The lowest BCUT2D eigenvalue weighted by molar-refractivity contribution is 0.239. The standard InChI is InChI=1S/C7H13NO.ClH/c1-7(2,8)5-4-6-9-3;/h6,8H2,1-3H3;1H. The van der Waals surface area contributed by atoms with Crippen LogP contribution in [0.15, 0.2) is 0 Å². The Labute approximate surface area is 68.5 Å². The molecule has 0 radical (unpaired) electrons. The van der Waals surface area contributed by atoms with E-state index in [9.17, 15) is 0 Å². The summed E-state index contributed by atoms with van der Waals surface area (Å²) in [6, 6.07) is 0. The van der Waals surface area contributed by atoms with Gasteiger partial charge in [0.15, 0.2) is 0 Å². The van der Waals surface area contributed by atoms with Gasteiger partial charge in [0, 0.05) is 7.11 Å². The second kappa shape index (κ2) is 5.55. The first-order valence-corrected chi connectivity index (χ1v) is 2.84. The maximum atomic E-state index is 5.55. The molecule has 0 aromatic rings. The molecule has 0 aliphatic rings. The van der Waals surface area contributed by atoms with Gasteiger partial charge in [-0.15, -0.1) is 12.4 Å². The Morgan fingerprint density at radius 1 is 1.50 bits per heavy atom. The van der Waals surface area contributed by atoms with Crippen molar-refractivity contribution < 1.29 is 4.74 Å². The lowest BCUT2D eigenvalue weighted by atomic mass is 10.1. The summed E-state index contributed by atoms with van der Waals surface area (Å²) in [6.45, 7) is 4.17. The fourth-order valence-corrected chi connectivity index (χ4v) is 0.336. The molecule has 0 aliphatic carbocycles. The Balaban J connectivity index is 0. The number of hydrogen-bond donors (Lipinski definition) is 1. The molecule has 0 bridgehead atoms. The van der Waals surface area contributed by atoms with Gasteiger partial charge in [-0.25, -0.2) is 0 Å². The normalized spacial score (nSPS) is 9.20. The van der Waals surface area contributed by atoms with E-state index in [-0.39, 0.29) is 12.4 Å². The Morgan fingerprint density at radius 2 is 2.00 bits per heavy atom. The van der Waals surface area contributed by atoms with Crippen LogP contribution >= 0.6 is 12.4 Å². The summed E-state index contributed by atoms with van der Waals surface area (Å²) in [5.41, 5.74) is 5.16. The van der Waals surface area contributed by atoms with Gasteiger partial charge in [-0.2, -0.15) is 0 Å². The van der Waals surface area contributed by atoms with E-state index in [4.69, 9.17) is 10.5 Å². The summed E-state index contributed by atoms with van der Waals surface area (Å²) in [5.74, 6) is 5.60. The molecule has 2 N–H and O–H groups in total. The van der Waals surface area contributed by atoms with Crippen molar-refractivity contribution in [3.05, 3.63) is 0 Å². The zero-order valence-electron chi connectivity index (χ0n) is 6.60. The third-order valence-electron chi connectivity index (χ3n) is 0.627. The van der Waals surface area contributed by atoms with E-state index in [1.54, 1.807) is 7.11 Å². The van der Waals surface area contributed by atoms with Crippen molar-refractivity contribution in [2.75, 3.05) is 13.7 Å². The Bertz CT molecular complexity index is 129. The van der Waals surface area contributed by atoms with E-state index in [0.717, 1.165) is 0 Å². The van der Waals surface area contributed by atoms with Crippen LogP contribution in [0.2, 0.25) is 0 Å². The van der Waals surface area contributed by atoms with Crippen molar-refractivity contribution in [2.45, 2.75) is 19.4 Å². The van der Waals surface area contributed by atoms with Crippen LogP contribution in [0.4, 0.5) is 0 Å². The molecule has 0 heterocycles. The molecule has 0 amide bonds. The summed E-state index contributed by atoms with van der Waals surface area (Å²) in [5, 5.41) is 0. The number of methoxy groups -OCH3 is 1. The van der Waals surface area contributed by atoms with E-state index < -0.39 is 5.54 Å². The molecule has 0 saturated carbocycles. The molecule has 0 unspecified atom stereocenters. The van der Waals surface area contributed by atoms with Crippen molar-refractivity contribution in [2.24, 2.45) is 5.73 Å². The molecule has 0 spiro atoms. The largest absolute Gasteiger partial charge is 0.372 e. The maximum absolute atomic E-state index is 5.55. The molecule has 0 aromatic carbocycles. The minimum atomic E-state index is -0.390. The van der Waals surface area contributed by atoms with Gasteiger partial charge < -0.3 is 10.5 Å². The third-order valence-corrected chi connectivity index (χ3v) is 0.627. The van der Waals surface area contributed by atoms with Gasteiger partial charge in [-0.1, -0.05) is 11.8 Å². The van der Waals surface area contributed by atoms with E-state index >= 15 is 0 Å². The average Bonchev–Trinajstić information content (AvgIpc) is 1.63. The van der Waals surface area contributed by atoms with Crippen molar-refractivity contribution in [1.29, 1.82) is 0 Å². The molecular formula is C7H14ClNO. The van der Waals surface area contributed by atoms with Crippen LogP contribution in [-0.4, -0.2) is 19.3 Å². The van der Waals surface area contributed by atoms with Crippen LogP contribution in [0, 0.1) is 11.8 Å². The molecular weight excluding hydrogens is 150 g/mol. The molecule has 0 rings (SSSR count). The van der Waals surface area contributed by atoms with Gasteiger partial charge >= 0.3 is 0 Å². The van der Waals surface area contributed by atoms with E-state index in [2.05, 4.69) is 11.8 Å². The topological polar surface area (TPSA) is 35.2 Å². The zero-order chi connectivity index (χ0) is 7.33. The predicted molar refractivity (Wildman–Crippen MR) is 45.2 cm³/mol. The zero-order valence-corrected chi connectivity index (χ0v) is 7.42. The number of nitrogens with two attached hydrogens (primary N) is 1. The van der Waals surface area contributed by atoms with Gasteiger partial charge in [0.25, 0.3) is 0 Å². The minimum absolute atomic E-state index is 0. The molecule has 0 aromatic heterocycles. The molecule has 0 saturated heterocycles. The summed E-state index contributed by atoms with van der Waals surface area (Å²) in [7, 11) is 1.61. The van der Waals surface area contributed by atoms with Crippen LogP contribution < -0.4 is 5.73 Å².